The molecule has 0 aliphatic carbocycles. The minimum absolute atomic E-state index is 0.0114. The van der Waals surface area contributed by atoms with E-state index in [2.05, 4.69) is 10.6 Å². The van der Waals surface area contributed by atoms with Crippen molar-refractivity contribution in [1.29, 1.82) is 0 Å². The molecular weight excluding hydrogens is 462 g/mol. The van der Waals surface area contributed by atoms with Crippen LogP contribution in [0.4, 0.5) is 4.79 Å². The molecule has 2 atom stereocenters. The fourth-order valence-electron chi connectivity index (χ4n) is 3.65. The molecule has 1 aromatic carbocycles. The van der Waals surface area contributed by atoms with E-state index in [0.29, 0.717) is 19.4 Å². The number of nitrogens with zero attached hydrogens (tertiary/aromatic N) is 1. The topological polar surface area (TPSA) is 131 Å². The highest BCUT2D eigenvalue weighted by Gasteiger charge is 2.45. The maximum absolute atomic E-state index is 13.1. The van der Waals surface area contributed by atoms with Crippen LogP contribution in [-0.4, -0.2) is 68.6 Å². The number of ether oxygens (including phenoxy) is 2. The average Bonchev–Trinajstić information content (AvgIpc) is 3.19. The van der Waals surface area contributed by atoms with Crippen LogP contribution in [-0.2, 0) is 29.1 Å². The Kier molecular flexibility index (Phi) is 9.87. The molecule has 1 fully saturated rings. The lowest BCUT2D eigenvalue weighted by molar-refractivity contribution is -0.144. The second-order valence-electron chi connectivity index (χ2n) is 9.17. The van der Waals surface area contributed by atoms with Crippen LogP contribution in [0.3, 0.4) is 0 Å². The first-order valence-electron chi connectivity index (χ1n) is 11.3. The van der Waals surface area contributed by atoms with Gasteiger partial charge in [0.15, 0.2) is 0 Å². The minimum atomic E-state index is -3.92. The van der Waals surface area contributed by atoms with Gasteiger partial charge in [-0.2, -0.15) is 4.31 Å². The van der Waals surface area contributed by atoms with Crippen molar-refractivity contribution in [2.24, 2.45) is 0 Å². The van der Waals surface area contributed by atoms with Gasteiger partial charge in [-0.05, 0) is 52.2 Å². The summed E-state index contributed by atoms with van der Waals surface area (Å²) in [4.78, 5) is 36.3. The average molecular weight is 498 g/mol. The molecule has 2 N–H and O–H groups in total. The molecular formula is C23H35N3O7S. The molecule has 0 bridgehead atoms. The normalized spacial score (nSPS) is 18.8. The van der Waals surface area contributed by atoms with Gasteiger partial charge in [0, 0.05) is 25.6 Å². The molecule has 1 saturated heterocycles. The molecule has 0 aromatic heterocycles. The number of hydrogen-bond acceptors (Lipinski definition) is 7. The van der Waals surface area contributed by atoms with E-state index in [1.54, 1.807) is 39.0 Å². The lowest BCUT2D eigenvalue weighted by Gasteiger charge is -2.21. The Morgan fingerprint density at radius 3 is 2.38 bits per heavy atom. The summed E-state index contributed by atoms with van der Waals surface area (Å²) in [5.41, 5.74) is -0.550. The van der Waals surface area contributed by atoms with E-state index in [-0.39, 0.29) is 30.2 Å². The minimum Gasteiger partial charge on any atom is -0.468 e. The second kappa shape index (κ2) is 12.2. The van der Waals surface area contributed by atoms with Gasteiger partial charge in [0.05, 0.1) is 12.0 Å². The maximum atomic E-state index is 13.1. The summed E-state index contributed by atoms with van der Waals surface area (Å²) in [5.74, 6) is -0.874. The maximum Gasteiger partial charge on any atom is 0.407 e. The van der Waals surface area contributed by atoms with Gasteiger partial charge < -0.3 is 20.1 Å². The van der Waals surface area contributed by atoms with Crippen molar-refractivity contribution in [2.45, 2.75) is 75.5 Å². The summed E-state index contributed by atoms with van der Waals surface area (Å²) in [6.45, 7) is 5.81. The number of nitrogens with one attached hydrogen (secondary N) is 2. The Labute approximate surface area is 201 Å². The van der Waals surface area contributed by atoms with Gasteiger partial charge in [-0.1, -0.05) is 24.6 Å². The number of methoxy groups -OCH3 is 1. The molecule has 11 heteroatoms. The molecule has 2 rings (SSSR count). The van der Waals surface area contributed by atoms with Crippen molar-refractivity contribution in [2.75, 3.05) is 20.2 Å². The Morgan fingerprint density at radius 1 is 1.09 bits per heavy atom. The fourth-order valence-corrected chi connectivity index (χ4v) is 5.30. The highest BCUT2D eigenvalue weighted by atomic mass is 32.2. The SMILES string of the molecule is COC(=O)[C@@H]1C[C@@H](NC(=O)CCCCCNC(=O)OC(C)(C)C)CN1S(=O)(=O)c1ccccc1. The largest absolute Gasteiger partial charge is 0.468 e. The molecule has 10 nitrogen and oxygen atoms in total. The highest BCUT2D eigenvalue weighted by molar-refractivity contribution is 7.89. The molecule has 0 saturated carbocycles. The van der Waals surface area contributed by atoms with E-state index in [1.807, 2.05) is 0 Å². The predicted molar refractivity (Wildman–Crippen MR) is 125 cm³/mol. The van der Waals surface area contributed by atoms with E-state index in [1.165, 1.54) is 19.2 Å². The number of amides is 2. The number of benzene rings is 1. The molecule has 0 unspecified atom stereocenters. The number of carbonyl (C=O) groups is 3. The predicted octanol–water partition coefficient (Wildman–Crippen LogP) is 2.19. The number of carbonyl (C=O) groups excluding carboxylic acids is 3. The number of unbranched alkanes of at least 4 members (excludes halogenated alkanes) is 2. The second-order valence-corrected chi connectivity index (χ2v) is 11.1. The quantitative estimate of drug-likeness (QED) is 0.374. The lowest BCUT2D eigenvalue weighted by Crippen LogP contribution is -2.41. The summed E-state index contributed by atoms with van der Waals surface area (Å²) in [6, 6.07) is 6.36. The van der Waals surface area contributed by atoms with E-state index in [0.717, 1.165) is 10.7 Å². The molecule has 190 valence electrons. The highest BCUT2D eigenvalue weighted by Crippen LogP contribution is 2.27. The van der Waals surface area contributed by atoms with Gasteiger partial charge in [-0.3, -0.25) is 9.59 Å². The van der Waals surface area contributed by atoms with Crippen molar-refractivity contribution in [3.05, 3.63) is 30.3 Å². The lowest BCUT2D eigenvalue weighted by atomic mass is 10.1. The zero-order valence-electron chi connectivity index (χ0n) is 20.2. The number of rotatable bonds is 10. The monoisotopic (exact) mass is 497 g/mol. The molecule has 34 heavy (non-hydrogen) atoms. The zero-order chi connectivity index (χ0) is 25.4. The summed E-state index contributed by atoms with van der Waals surface area (Å²) in [6.07, 6.45) is 1.97. The Bertz CT molecular complexity index is 945. The van der Waals surface area contributed by atoms with E-state index in [9.17, 15) is 22.8 Å². The van der Waals surface area contributed by atoms with Crippen LogP contribution < -0.4 is 10.6 Å². The van der Waals surface area contributed by atoms with Crippen LogP contribution in [0.5, 0.6) is 0 Å². The van der Waals surface area contributed by atoms with E-state index < -0.39 is 39.8 Å². The van der Waals surface area contributed by atoms with Crippen molar-refractivity contribution in [3.8, 4) is 0 Å². The van der Waals surface area contributed by atoms with Crippen LogP contribution in [0, 0.1) is 0 Å². The van der Waals surface area contributed by atoms with Gasteiger partial charge >= 0.3 is 12.1 Å². The summed E-state index contributed by atoms with van der Waals surface area (Å²) >= 11 is 0. The van der Waals surface area contributed by atoms with Crippen LogP contribution >= 0.6 is 0 Å². The summed E-state index contributed by atoms with van der Waals surface area (Å²) < 4.78 is 37.2. The molecule has 2 amide bonds. The number of esters is 1. The first kappa shape index (κ1) is 27.6. The van der Waals surface area contributed by atoms with Gasteiger partial charge in [0.25, 0.3) is 0 Å². The first-order valence-corrected chi connectivity index (χ1v) is 12.8. The molecule has 1 aliphatic rings. The van der Waals surface area contributed by atoms with Gasteiger partial charge in [0.2, 0.25) is 15.9 Å². The number of sulfonamides is 1. The van der Waals surface area contributed by atoms with Gasteiger partial charge in [0.1, 0.15) is 11.6 Å². The Morgan fingerprint density at radius 2 is 1.76 bits per heavy atom. The summed E-state index contributed by atoms with van der Waals surface area (Å²) in [5, 5.41) is 5.51. The van der Waals surface area contributed by atoms with Crippen molar-refractivity contribution < 1.29 is 32.3 Å². The molecule has 1 heterocycles. The van der Waals surface area contributed by atoms with Gasteiger partial charge in [-0.25, -0.2) is 13.2 Å². The van der Waals surface area contributed by atoms with Crippen LogP contribution in [0.1, 0.15) is 52.9 Å². The summed E-state index contributed by atoms with van der Waals surface area (Å²) in [7, 11) is -2.71. The molecule has 0 radical (unpaired) electrons. The van der Waals surface area contributed by atoms with Crippen LogP contribution in [0.15, 0.2) is 35.2 Å². The Balaban J connectivity index is 1.81. The first-order chi connectivity index (χ1) is 15.9. The third kappa shape index (κ3) is 8.28. The number of alkyl carbamates (subject to hydrolysis) is 1. The van der Waals surface area contributed by atoms with Crippen molar-refractivity contribution >= 4 is 28.0 Å². The molecule has 0 spiro atoms. The third-order valence-electron chi connectivity index (χ3n) is 5.19. The van der Waals surface area contributed by atoms with Crippen LogP contribution in [0.25, 0.3) is 0 Å². The zero-order valence-corrected chi connectivity index (χ0v) is 21.0. The molecule has 1 aliphatic heterocycles. The third-order valence-corrected chi connectivity index (χ3v) is 7.08. The standard InChI is InChI=1S/C23H35N3O7S/c1-23(2,3)33-22(29)24-14-10-6-9-13-20(27)25-17-15-19(21(28)32-4)26(16-17)34(30,31)18-11-7-5-8-12-18/h5,7-8,11-12,17,19H,6,9-10,13-16H2,1-4H3,(H,24,29)(H,25,27)/t17-,19+/m1/s1. The van der Waals surface area contributed by atoms with Gasteiger partial charge in [-0.15, -0.1) is 0 Å². The van der Waals surface area contributed by atoms with Crippen LogP contribution in [0.2, 0.25) is 0 Å². The van der Waals surface area contributed by atoms with Crippen molar-refractivity contribution in [3.63, 3.8) is 0 Å². The number of hydrogen-bond donors (Lipinski definition) is 2. The fraction of sp³-hybridized carbons (Fsp3) is 0.609. The smallest absolute Gasteiger partial charge is 0.407 e. The van der Waals surface area contributed by atoms with Crippen molar-refractivity contribution in [1.82, 2.24) is 14.9 Å². The van der Waals surface area contributed by atoms with E-state index in [4.69, 9.17) is 9.47 Å². The Hall–Kier alpha value is -2.66. The molecule has 1 aromatic rings. The van der Waals surface area contributed by atoms with E-state index >= 15 is 0 Å².